The molecule has 0 aliphatic carbocycles. The molecule has 0 spiro atoms. The highest BCUT2D eigenvalue weighted by Crippen LogP contribution is 2.12. The lowest BCUT2D eigenvalue weighted by Gasteiger charge is -2.07. The Bertz CT molecular complexity index is 565. The van der Waals surface area contributed by atoms with Gasteiger partial charge < -0.3 is 15.8 Å². The van der Waals surface area contributed by atoms with E-state index in [4.69, 9.17) is 10.5 Å². The minimum atomic E-state index is -0.262. The maximum absolute atomic E-state index is 11.7. The van der Waals surface area contributed by atoms with Gasteiger partial charge in [-0.25, -0.2) is 4.98 Å². The molecule has 0 bridgehead atoms. The van der Waals surface area contributed by atoms with E-state index in [2.05, 4.69) is 17.2 Å². The predicted molar refractivity (Wildman–Crippen MR) is 78.6 cm³/mol. The number of hydrogen-bond donors (Lipinski definition) is 2. The van der Waals surface area contributed by atoms with E-state index in [-0.39, 0.29) is 12.5 Å². The third-order valence-corrected chi connectivity index (χ3v) is 2.76. The van der Waals surface area contributed by atoms with Crippen LogP contribution in [0.25, 0.3) is 0 Å². The molecule has 3 N–H and O–H groups in total. The van der Waals surface area contributed by atoms with Crippen molar-refractivity contribution in [3.63, 3.8) is 0 Å². The lowest BCUT2D eigenvalue weighted by Crippen LogP contribution is -2.20. The lowest BCUT2D eigenvalue weighted by atomic mass is 10.2. The summed E-state index contributed by atoms with van der Waals surface area (Å²) in [4.78, 5) is 15.7. The zero-order chi connectivity index (χ0) is 14.4. The van der Waals surface area contributed by atoms with Crippen molar-refractivity contribution < 1.29 is 9.53 Å². The number of rotatable bonds is 5. The molecule has 104 valence electrons. The fourth-order valence-electron chi connectivity index (χ4n) is 1.63. The van der Waals surface area contributed by atoms with Crippen LogP contribution in [0.3, 0.4) is 0 Å². The first kappa shape index (κ1) is 13.9. The van der Waals surface area contributed by atoms with E-state index in [1.165, 1.54) is 11.8 Å². The number of nitrogen functional groups attached to an aromatic ring is 1. The Balaban J connectivity index is 1.83. The van der Waals surface area contributed by atoms with Gasteiger partial charge in [-0.05, 0) is 36.2 Å². The minimum absolute atomic E-state index is 0.0580. The maximum Gasteiger partial charge on any atom is 0.263 e. The number of benzene rings is 1. The van der Waals surface area contributed by atoms with Crippen molar-refractivity contribution in [1.82, 2.24) is 4.98 Å². The second-order valence-electron chi connectivity index (χ2n) is 4.31. The highest BCUT2D eigenvalue weighted by atomic mass is 16.5. The van der Waals surface area contributed by atoms with Gasteiger partial charge in [-0.15, -0.1) is 0 Å². The highest BCUT2D eigenvalue weighted by molar-refractivity contribution is 5.91. The Morgan fingerprint density at radius 3 is 2.60 bits per heavy atom. The topological polar surface area (TPSA) is 77.2 Å². The smallest absolute Gasteiger partial charge is 0.263 e. The number of aryl methyl sites for hydroxylation is 1. The van der Waals surface area contributed by atoms with E-state index in [0.29, 0.717) is 17.3 Å². The summed E-state index contributed by atoms with van der Waals surface area (Å²) in [6, 6.07) is 11.0. The van der Waals surface area contributed by atoms with Gasteiger partial charge >= 0.3 is 0 Å². The molecule has 0 fully saturated rings. The Hall–Kier alpha value is -2.56. The first-order valence-electron chi connectivity index (χ1n) is 6.40. The largest absolute Gasteiger partial charge is 0.484 e. The van der Waals surface area contributed by atoms with Gasteiger partial charge in [0, 0.05) is 0 Å². The van der Waals surface area contributed by atoms with Crippen LogP contribution in [0.1, 0.15) is 12.5 Å². The third kappa shape index (κ3) is 3.98. The molecule has 0 unspecified atom stereocenters. The Morgan fingerprint density at radius 2 is 2.00 bits per heavy atom. The van der Waals surface area contributed by atoms with Gasteiger partial charge in [0.25, 0.3) is 5.91 Å². The SMILES string of the molecule is CCc1ccc(OCC(=O)Nc2ccc(N)cn2)cc1. The summed E-state index contributed by atoms with van der Waals surface area (Å²) in [5, 5.41) is 2.63. The summed E-state index contributed by atoms with van der Waals surface area (Å²) >= 11 is 0. The molecule has 1 aromatic carbocycles. The van der Waals surface area contributed by atoms with Gasteiger partial charge in [-0.1, -0.05) is 19.1 Å². The van der Waals surface area contributed by atoms with Crippen molar-refractivity contribution >= 4 is 17.4 Å². The molecule has 2 aromatic rings. The van der Waals surface area contributed by atoms with Crippen molar-refractivity contribution in [2.45, 2.75) is 13.3 Å². The number of ether oxygens (including phenoxy) is 1. The standard InChI is InChI=1S/C15H17N3O2/c1-2-11-3-6-13(7-4-11)20-10-15(19)18-14-8-5-12(16)9-17-14/h3-9H,2,10,16H2,1H3,(H,17,18,19). The van der Waals surface area contributed by atoms with Gasteiger partial charge in [0.15, 0.2) is 6.61 Å². The minimum Gasteiger partial charge on any atom is -0.484 e. The average Bonchev–Trinajstić information content (AvgIpc) is 2.48. The third-order valence-electron chi connectivity index (χ3n) is 2.76. The summed E-state index contributed by atoms with van der Waals surface area (Å²) < 4.78 is 5.40. The summed E-state index contributed by atoms with van der Waals surface area (Å²) in [6.45, 7) is 2.03. The number of nitrogens with one attached hydrogen (secondary N) is 1. The van der Waals surface area contributed by atoms with Crippen LogP contribution in [0.5, 0.6) is 5.75 Å². The van der Waals surface area contributed by atoms with Crippen LogP contribution in [0.4, 0.5) is 11.5 Å². The van der Waals surface area contributed by atoms with E-state index in [0.717, 1.165) is 6.42 Å². The van der Waals surface area contributed by atoms with Crippen LogP contribution in [0.2, 0.25) is 0 Å². The maximum atomic E-state index is 11.7. The molecule has 20 heavy (non-hydrogen) atoms. The molecule has 0 saturated heterocycles. The van der Waals surface area contributed by atoms with Crippen LogP contribution in [-0.2, 0) is 11.2 Å². The van der Waals surface area contributed by atoms with E-state index >= 15 is 0 Å². The number of nitrogens with zero attached hydrogens (tertiary/aromatic N) is 1. The lowest BCUT2D eigenvalue weighted by molar-refractivity contribution is -0.118. The van der Waals surface area contributed by atoms with Crippen LogP contribution in [0, 0.1) is 0 Å². The van der Waals surface area contributed by atoms with Crippen molar-refractivity contribution in [3.05, 3.63) is 48.2 Å². The van der Waals surface area contributed by atoms with Gasteiger partial charge in [0.1, 0.15) is 11.6 Å². The molecule has 2 rings (SSSR count). The predicted octanol–water partition coefficient (Wildman–Crippen LogP) is 2.24. The van der Waals surface area contributed by atoms with Gasteiger partial charge in [-0.3, -0.25) is 4.79 Å². The van der Waals surface area contributed by atoms with Gasteiger partial charge in [0.05, 0.1) is 11.9 Å². The molecular weight excluding hydrogens is 254 g/mol. The fraction of sp³-hybridized carbons (Fsp3) is 0.200. The van der Waals surface area contributed by atoms with Crippen LogP contribution in [-0.4, -0.2) is 17.5 Å². The van der Waals surface area contributed by atoms with Crippen LogP contribution >= 0.6 is 0 Å². The fourth-order valence-corrected chi connectivity index (χ4v) is 1.63. The molecule has 0 atom stereocenters. The zero-order valence-corrected chi connectivity index (χ0v) is 11.3. The summed E-state index contributed by atoms with van der Waals surface area (Å²) in [6.07, 6.45) is 2.46. The summed E-state index contributed by atoms with van der Waals surface area (Å²) in [5.41, 5.74) is 7.30. The van der Waals surface area contributed by atoms with Crippen molar-refractivity contribution in [2.75, 3.05) is 17.7 Å². The van der Waals surface area contributed by atoms with Crippen LogP contribution in [0.15, 0.2) is 42.6 Å². The highest BCUT2D eigenvalue weighted by Gasteiger charge is 2.04. The van der Waals surface area contributed by atoms with Crippen LogP contribution < -0.4 is 15.8 Å². The van der Waals surface area contributed by atoms with E-state index in [1.807, 2.05) is 24.3 Å². The van der Waals surface area contributed by atoms with Gasteiger partial charge in [-0.2, -0.15) is 0 Å². The summed E-state index contributed by atoms with van der Waals surface area (Å²) in [5.74, 6) is 0.860. The monoisotopic (exact) mass is 271 g/mol. The van der Waals surface area contributed by atoms with Gasteiger partial charge in [0.2, 0.25) is 0 Å². The van der Waals surface area contributed by atoms with E-state index in [1.54, 1.807) is 12.1 Å². The van der Waals surface area contributed by atoms with Crippen molar-refractivity contribution in [3.8, 4) is 5.75 Å². The number of anilines is 2. The molecule has 0 radical (unpaired) electrons. The number of carbonyl (C=O) groups excluding carboxylic acids is 1. The number of nitrogens with two attached hydrogens (primary N) is 1. The second-order valence-corrected chi connectivity index (χ2v) is 4.31. The number of pyridine rings is 1. The zero-order valence-electron chi connectivity index (χ0n) is 11.3. The average molecular weight is 271 g/mol. The Labute approximate surface area is 117 Å². The number of hydrogen-bond acceptors (Lipinski definition) is 4. The Kier molecular flexibility index (Phi) is 4.55. The van der Waals surface area contributed by atoms with Crippen molar-refractivity contribution in [2.24, 2.45) is 0 Å². The van der Waals surface area contributed by atoms with Crippen molar-refractivity contribution in [1.29, 1.82) is 0 Å². The second kappa shape index (κ2) is 6.56. The molecule has 1 aromatic heterocycles. The van der Waals surface area contributed by atoms with E-state index in [9.17, 15) is 4.79 Å². The number of amides is 1. The summed E-state index contributed by atoms with van der Waals surface area (Å²) in [7, 11) is 0. The molecule has 1 amide bonds. The number of carbonyl (C=O) groups is 1. The first-order chi connectivity index (χ1) is 9.67. The molecule has 0 aliphatic rings. The normalized spacial score (nSPS) is 10.1. The molecule has 5 heteroatoms. The first-order valence-corrected chi connectivity index (χ1v) is 6.40. The van der Waals surface area contributed by atoms with E-state index < -0.39 is 0 Å². The molecule has 5 nitrogen and oxygen atoms in total. The molecular formula is C15H17N3O2. The molecule has 0 saturated carbocycles. The molecule has 1 heterocycles. The molecule has 0 aliphatic heterocycles. The quantitative estimate of drug-likeness (QED) is 0.874. The number of aromatic nitrogens is 1. The Morgan fingerprint density at radius 1 is 1.25 bits per heavy atom.